The smallest absolute Gasteiger partial charge is 0.301 e. The van der Waals surface area contributed by atoms with Crippen LogP contribution in [-0.4, -0.2) is 26.1 Å². The molecule has 2 aromatic heterocycles. The summed E-state index contributed by atoms with van der Waals surface area (Å²) in [7, 11) is 0. The van der Waals surface area contributed by atoms with Crippen molar-refractivity contribution < 1.29 is 19.3 Å². The molecule has 0 bridgehead atoms. The minimum absolute atomic E-state index is 0.0668. The zero-order valence-corrected chi connectivity index (χ0v) is 16.0. The van der Waals surface area contributed by atoms with Gasteiger partial charge in [-0.1, -0.05) is 35.0 Å². The van der Waals surface area contributed by atoms with Gasteiger partial charge in [0.1, 0.15) is 17.0 Å². The van der Waals surface area contributed by atoms with Crippen LogP contribution in [-0.2, 0) is 0 Å². The number of nitro groups is 1. The van der Waals surface area contributed by atoms with Gasteiger partial charge >= 0.3 is 5.91 Å². The SMILES string of the molecule is Cc1onc(-c2ccccc2Cl)c1C(=O)N=Nc1c(O)[nH]c2ccc([N+](=O)[O-])cc12. The number of non-ortho nitro benzene ring substituents is 1. The van der Waals surface area contributed by atoms with Crippen molar-refractivity contribution in [2.75, 3.05) is 0 Å². The van der Waals surface area contributed by atoms with Gasteiger partial charge in [0, 0.05) is 23.1 Å². The number of nitro benzene ring substituents is 1. The maximum atomic E-state index is 12.7. The highest BCUT2D eigenvalue weighted by molar-refractivity contribution is 6.33. The number of rotatable bonds is 4. The number of amides is 1. The molecule has 0 spiro atoms. The number of H-pyrrole nitrogens is 1. The lowest BCUT2D eigenvalue weighted by molar-refractivity contribution is -0.384. The molecule has 4 aromatic rings. The van der Waals surface area contributed by atoms with Crippen LogP contribution in [0.5, 0.6) is 5.88 Å². The summed E-state index contributed by atoms with van der Waals surface area (Å²) < 4.78 is 5.14. The number of hydrogen-bond acceptors (Lipinski definition) is 7. The topological polar surface area (TPSA) is 147 Å². The van der Waals surface area contributed by atoms with Crippen LogP contribution >= 0.6 is 11.6 Å². The maximum Gasteiger partial charge on any atom is 0.301 e. The van der Waals surface area contributed by atoms with Crippen LogP contribution in [0.15, 0.2) is 57.2 Å². The first-order valence-corrected chi connectivity index (χ1v) is 8.91. The fourth-order valence-electron chi connectivity index (χ4n) is 2.97. The molecule has 11 heteroatoms. The van der Waals surface area contributed by atoms with Crippen molar-refractivity contribution in [1.29, 1.82) is 0 Å². The standard InChI is InChI=1S/C19H12ClN5O5/c1-9-15(16(24-30-9)11-4-2-3-5-13(11)20)18(26)23-22-17-12-8-10(25(28)29)6-7-14(12)21-19(17)27/h2-8,21,27H,1H3. The summed E-state index contributed by atoms with van der Waals surface area (Å²) in [5.41, 5.74) is 0.867. The first-order chi connectivity index (χ1) is 14.4. The van der Waals surface area contributed by atoms with Crippen molar-refractivity contribution in [3.8, 4) is 17.1 Å². The zero-order valence-electron chi connectivity index (χ0n) is 15.3. The van der Waals surface area contributed by atoms with Gasteiger partial charge in [-0.3, -0.25) is 14.9 Å². The third-order valence-electron chi connectivity index (χ3n) is 4.39. The van der Waals surface area contributed by atoms with E-state index in [0.717, 1.165) is 0 Å². The molecule has 0 atom stereocenters. The molecule has 2 N–H and O–H groups in total. The predicted octanol–water partition coefficient (Wildman–Crippen LogP) is 5.32. The number of carbonyl (C=O) groups is 1. The second kappa shape index (κ2) is 7.41. The molecule has 30 heavy (non-hydrogen) atoms. The number of aryl methyl sites for hydroxylation is 1. The summed E-state index contributed by atoms with van der Waals surface area (Å²) in [5.74, 6) is -0.939. The summed E-state index contributed by atoms with van der Waals surface area (Å²) in [6, 6.07) is 10.7. The Hall–Kier alpha value is -4.05. The lowest BCUT2D eigenvalue weighted by Crippen LogP contribution is -1.97. The Morgan fingerprint density at radius 1 is 1.30 bits per heavy atom. The average molecular weight is 426 g/mol. The summed E-state index contributed by atoms with van der Waals surface area (Å²) >= 11 is 6.19. The van der Waals surface area contributed by atoms with Gasteiger partial charge in [-0.05, 0) is 19.1 Å². The molecule has 0 saturated heterocycles. The number of aromatic hydroxyl groups is 1. The lowest BCUT2D eigenvalue weighted by atomic mass is 10.1. The highest BCUT2D eigenvalue weighted by atomic mass is 35.5. The van der Waals surface area contributed by atoms with E-state index in [-0.39, 0.29) is 39.7 Å². The van der Waals surface area contributed by atoms with E-state index in [0.29, 0.717) is 16.1 Å². The molecule has 150 valence electrons. The summed E-state index contributed by atoms with van der Waals surface area (Å²) in [5, 5.41) is 33.1. The highest BCUT2D eigenvalue weighted by Crippen LogP contribution is 2.38. The Balaban J connectivity index is 1.75. The van der Waals surface area contributed by atoms with E-state index in [9.17, 15) is 20.0 Å². The van der Waals surface area contributed by atoms with Gasteiger partial charge in [-0.2, -0.15) is 0 Å². The van der Waals surface area contributed by atoms with Crippen LogP contribution in [0.2, 0.25) is 5.02 Å². The minimum Gasteiger partial charge on any atom is -0.493 e. The normalized spacial score (nSPS) is 11.4. The summed E-state index contributed by atoms with van der Waals surface area (Å²) in [4.78, 5) is 25.8. The molecule has 4 rings (SSSR count). The van der Waals surface area contributed by atoms with Gasteiger partial charge in [0.15, 0.2) is 5.69 Å². The van der Waals surface area contributed by atoms with Crippen molar-refractivity contribution in [3.63, 3.8) is 0 Å². The van der Waals surface area contributed by atoms with Gasteiger partial charge < -0.3 is 14.6 Å². The Bertz CT molecular complexity index is 1340. The monoisotopic (exact) mass is 425 g/mol. The van der Waals surface area contributed by atoms with Gasteiger partial charge in [-0.25, -0.2) is 0 Å². The zero-order chi connectivity index (χ0) is 21.4. The predicted molar refractivity (Wildman–Crippen MR) is 107 cm³/mol. The molecule has 10 nitrogen and oxygen atoms in total. The molecular formula is C19H12ClN5O5. The number of azo groups is 1. The van der Waals surface area contributed by atoms with Gasteiger partial charge in [-0.15, -0.1) is 10.2 Å². The first-order valence-electron chi connectivity index (χ1n) is 8.53. The third kappa shape index (κ3) is 3.29. The fourth-order valence-corrected chi connectivity index (χ4v) is 3.20. The van der Waals surface area contributed by atoms with E-state index in [1.165, 1.54) is 18.2 Å². The molecule has 2 heterocycles. The Labute approximate surface area is 172 Å². The highest BCUT2D eigenvalue weighted by Gasteiger charge is 2.23. The number of benzene rings is 2. The van der Waals surface area contributed by atoms with Crippen LogP contribution in [0.3, 0.4) is 0 Å². The number of aromatic amines is 1. The Kier molecular flexibility index (Phi) is 4.76. The second-order valence-electron chi connectivity index (χ2n) is 6.26. The molecule has 0 aliphatic heterocycles. The Morgan fingerprint density at radius 3 is 2.80 bits per heavy atom. The first kappa shape index (κ1) is 19.3. The van der Waals surface area contributed by atoms with Gasteiger partial charge in [0.05, 0.1) is 15.5 Å². The third-order valence-corrected chi connectivity index (χ3v) is 4.72. The molecule has 0 radical (unpaired) electrons. The fraction of sp³-hybridized carbons (Fsp3) is 0.0526. The number of carbonyl (C=O) groups excluding carboxylic acids is 1. The number of fused-ring (bicyclic) bond motifs is 1. The number of nitrogens with zero attached hydrogens (tertiary/aromatic N) is 4. The molecule has 2 aromatic carbocycles. The van der Waals surface area contributed by atoms with Gasteiger partial charge in [0.25, 0.3) is 5.69 Å². The van der Waals surface area contributed by atoms with E-state index >= 15 is 0 Å². The van der Waals surface area contributed by atoms with E-state index in [2.05, 4.69) is 20.4 Å². The van der Waals surface area contributed by atoms with Crippen molar-refractivity contribution in [2.24, 2.45) is 10.2 Å². The summed E-state index contributed by atoms with van der Waals surface area (Å²) in [6.07, 6.45) is 0. The molecule has 0 unspecified atom stereocenters. The Morgan fingerprint density at radius 2 is 2.07 bits per heavy atom. The van der Waals surface area contributed by atoms with Crippen molar-refractivity contribution >= 4 is 39.8 Å². The second-order valence-corrected chi connectivity index (χ2v) is 6.66. The van der Waals surface area contributed by atoms with E-state index in [1.807, 2.05) is 0 Å². The number of nitrogens with one attached hydrogen (secondary N) is 1. The van der Waals surface area contributed by atoms with Crippen LogP contribution in [0, 0.1) is 17.0 Å². The number of halogens is 1. The molecule has 0 aliphatic rings. The van der Waals surface area contributed by atoms with E-state index < -0.39 is 10.8 Å². The van der Waals surface area contributed by atoms with E-state index in [4.69, 9.17) is 16.1 Å². The quantitative estimate of drug-likeness (QED) is 0.257. The number of aromatic nitrogens is 2. The van der Waals surface area contributed by atoms with E-state index in [1.54, 1.807) is 31.2 Å². The summed E-state index contributed by atoms with van der Waals surface area (Å²) in [6.45, 7) is 1.54. The lowest BCUT2D eigenvalue weighted by Gasteiger charge is -2.01. The molecule has 0 saturated carbocycles. The molecule has 0 aliphatic carbocycles. The van der Waals surface area contributed by atoms with Crippen LogP contribution in [0.25, 0.3) is 22.2 Å². The molecular weight excluding hydrogens is 414 g/mol. The molecule has 0 fully saturated rings. The van der Waals surface area contributed by atoms with Crippen LogP contribution < -0.4 is 0 Å². The minimum atomic E-state index is -0.775. The average Bonchev–Trinajstić information content (AvgIpc) is 3.25. The van der Waals surface area contributed by atoms with Crippen molar-refractivity contribution in [1.82, 2.24) is 10.1 Å². The van der Waals surface area contributed by atoms with Crippen LogP contribution in [0.1, 0.15) is 16.1 Å². The maximum absolute atomic E-state index is 12.7. The largest absolute Gasteiger partial charge is 0.493 e. The van der Waals surface area contributed by atoms with Crippen LogP contribution in [0.4, 0.5) is 11.4 Å². The van der Waals surface area contributed by atoms with Crippen molar-refractivity contribution in [2.45, 2.75) is 6.92 Å². The van der Waals surface area contributed by atoms with Crippen molar-refractivity contribution in [3.05, 3.63) is 68.9 Å². The molecule has 1 amide bonds. The number of hydrogen-bond donors (Lipinski definition) is 2. The van der Waals surface area contributed by atoms with Gasteiger partial charge in [0.2, 0.25) is 5.88 Å².